The number of hydrogen-bond donors (Lipinski definition) is 1. The van der Waals surface area contributed by atoms with E-state index in [-0.39, 0.29) is 47.8 Å². The molecule has 2 heterocycles. The lowest BCUT2D eigenvalue weighted by Crippen LogP contribution is -2.48. The molecule has 1 aromatic heterocycles. The Bertz CT molecular complexity index is 1700. The van der Waals surface area contributed by atoms with Crippen LogP contribution in [0.1, 0.15) is 65.9 Å². The standard InChI is InChI=1S/C38H52F2N4O6Si/c1-25(45)49-24-33(46)44(21-27-19-43(36(47)48)20-28(27)23-50-51(8,9)38(5,6)7)34(37(2,3)4)35-41-32(30-17-29(39)15-16-31(30)40)22-42(35)18-26-13-11-10-12-14-26/h10-17,22,27-28,34H,18-21,23-24H2,1-9H3,(H,47,48)/t27?,28?,34-/m0/s1. The van der Waals surface area contributed by atoms with E-state index in [2.05, 4.69) is 33.9 Å². The zero-order chi connectivity index (χ0) is 37.9. The average molecular weight is 727 g/mol. The highest BCUT2D eigenvalue weighted by Crippen LogP contribution is 2.42. The van der Waals surface area contributed by atoms with Crippen molar-refractivity contribution in [2.24, 2.45) is 17.3 Å². The molecule has 1 saturated heterocycles. The number of carbonyl (C=O) groups excluding carboxylic acids is 2. The van der Waals surface area contributed by atoms with E-state index in [1.54, 1.807) is 11.1 Å². The van der Waals surface area contributed by atoms with Gasteiger partial charge in [0.1, 0.15) is 17.5 Å². The van der Waals surface area contributed by atoms with Gasteiger partial charge in [0.05, 0.1) is 11.7 Å². The van der Waals surface area contributed by atoms with Crippen LogP contribution in [0.15, 0.2) is 54.7 Å². The predicted octanol–water partition coefficient (Wildman–Crippen LogP) is 7.60. The van der Waals surface area contributed by atoms with Gasteiger partial charge < -0.3 is 28.6 Å². The monoisotopic (exact) mass is 726 g/mol. The molecule has 2 amide bonds. The van der Waals surface area contributed by atoms with Crippen molar-refractivity contribution in [1.82, 2.24) is 19.4 Å². The van der Waals surface area contributed by atoms with E-state index < -0.39 is 56.0 Å². The summed E-state index contributed by atoms with van der Waals surface area (Å²) in [6, 6.07) is 12.0. The highest BCUT2D eigenvalue weighted by atomic mass is 28.4. The molecule has 0 bridgehead atoms. The maximum atomic E-state index is 15.2. The third-order valence-electron chi connectivity index (χ3n) is 10.0. The number of esters is 1. The Morgan fingerprint density at radius 1 is 1.02 bits per heavy atom. The minimum atomic E-state index is -2.20. The fraction of sp³-hybridized carbons (Fsp3) is 0.526. The van der Waals surface area contributed by atoms with E-state index in [4.69, 9.17) is 14.1 Å². The molecule has 2 aromatic carbocycles. The number of imidazole rings is 1. The Balaban J connectivity index is 1.85. The lowest BCUT2D eigenvalue weighted by atomic mass is 9.83. The van der Waals surface area contributed by atoms with Gasteiger partial charge >= 0.3 is 12.1 Å². The van der Waals surface area contributed by atoms with Crippen molar-refractivity contribution in [3.63, 3.8) is 0 Å². The molecular weight excluding hydrogens is 675 g/mol. The van der Waals surface area contributed by atoms with Crippen molar-refractivity contribution in [3.05, 3.63) is 77.8 Å². The number of likely N-dealkylation sites (tertiary alicyclic amines) is 1. The molecule has 4 rings (SSSR count). The summed E-state index contributed by atoms with van der Waals surface area (Å²) < 4.78 is 43.3. The second-order valence-corrected chi connectivity index (χ2v) is 20.9. The van der Waals surface area contributed by atoms with Crippen molar-refractivity contribution in [2.75, 3.05) is 32.8 Å². The predicted molar refractivity (Wildman–Crippen MR) is 193 cm³/mol. The highest BCUT2D eigenvalue weighted by Gasteiger charge is 2.45. The molecule has 0 radical (unpaired) electrons. The Morgan fingerprint density at radius 3 is 2.25 bits per heavy atom. The second-order valence-electron chi connectivity index (χ2n) is 16.1. The Morgan fingerprint density at radius 2 is 1.67 bits per heavy atom. The number of carbonyl (C=O) groups is 3. The Kier molecular flexibility index (Phi) is 12.2. The van der Waals surface area contributed by atoms with Crippen LogP contribution in [0, 0.1) is 28.9 Å². The van der Waals surface area contributed by atoms with Crippen LogP contribution in [0.3, 0.4) is 0 Å². The van der Waals surface area contributed by atoms with Crippen molar-refractivity contribution in [3.8, 4) is 11.3 Å². The van der Waals surface area contributed by atoms with Crippen LogP contribution in [0.25, 0.3) is 11.3 Å². The molecule has 3 aromatic rings. The van der Waals surface area contributed by atoms with Gasteiger partial charge in [0.2, 0.25) is 0 Å². The summed E-state index contributed by atoms with van der Waals surface area (Å²) in [5.74, 6) is -2.50. The van der Waals surface area contributed by atoms with Gasteiger partial charge in [-0.1, -0.05) is 71.9 Å². The van der Waals surface area contributed by atoms with Crippen LogP contribution in [-0.2, 0) is 25.3 Å². The summed E-state index contributed by atoms with van der Waals surface area (Å²) in [7, 11) is -2.20. The molecule has 278 valence electrons. The van der Waals surface area contributed by atoms with Gasteiger partial charge in [0, 0.05) is 63.3 Å². The number of carboxylic acid groups (broad SMARTS) is 1. The van der Waals surface area contributed by atoms with E-state index in [0.717, 1.165) is 23.8 Å². The van der Waals surface area contributed by atoms with Gasteiger partial charge in [0.25, 0.3) is 5.91 Å². The molecule has 1 aliphatic rings. The molecule has 13 heteroatoms. The SMILES string of the molecule is CC(=O)OCC(=O)N(CC1CN(C(=O)O)CC1CO[Si](C)(C)C(C)(C)C)[C@@H](c1nc(-c2cc(F)ccc2F)cn1Cc1ccccc1)C(C)(C)C. The minimum Gasteiger partial charge on any atom is -0.465 e. The van der Waals surface area contributed by atoms with Crippen molar-refractivity contribution in [2.45, 2.75) is 79.2 Å². The Hall–Kier alpha value is -4.10. The average Bonchev–Trinajstić information content (AvgIpc) is 3.63. The number of aromatic nitrogens is 2. The summed E-state index contributed by atoms with van der Waals surface area (Å²) in [4.78, 5) is 46.3. The number of halogens is 2. The Labute approximate surface area is 300 Å². The van der Waals surface area contributed by atoms with Crippen LogP contribution in [0.4, 0.5) is 13.6 Å². The van der Waals surface area contributed by atoms with Gasteiger partial charge in [0.15, 0.2) is 14.9 Å². The maximum absolute atomic E-state index is 15.2. The van der Waals surface area contributed by atoms with Crippen LogP contribution in [0.2, 0.25) is 18.1 Å². The first kappa shape index (κ1) is 39.7. The van der Waals surface area contributed by atoms with Gasteiger partial charge in [-0.25, -0.2) is 18.6 Å². The third kappa shape index (κ3) is 9.82. The molecule has 3 atom stereocenters. The molecule has 0 saturated carbocycles. The van der Waals surface area contributed by atoms with E-state index in [1.165, 1.54) is 11.8 Å². The zero-order valence-corrected chi connectivity index (χ0v) is 32.2. The lowest BCUT2D eigenvalue weighted by Gasteiger charge is -2.42. The summed E-state index contributed by atoms with van der Waals surface area (Å²) >= 11 is 0. The van der Waals surface area contributed by atoms with Gasteiger partial charge in [-0.15, -0.1) is 0 Å². The van der Waals surface area contributed by atoms with Gasteiger partial charge in [-0.2, -0.15) is 0 Å². The van der Waals surface area contributed by atoms with Crippen LogP contribution >= 0.6 is 0 Å². The van der Waals surface area contributed by atoms with Crippen molar-refractivity contribution in [1.29, 1.82) is 0 Å². The molecule has 0 aliphatic carbocycles. The molecule has 10 nitrogen and oxygen atoms in total. The van der Waals surface area contributed by atoms with E-state index >= 15 is 4.39 Å². The minimum absolute atomic E-state index is 0.0238. The summed E-state index contributed by atoms with van der Waals surface area (Å²) in [5.41, 5.74) is 0.396. The van der Waals surface area contributed by atoms with Gasteiger partial charge in [-0.3, -0.25) is 9.59 Å². The van der Waals surface area contributed by atoms with Crippen LogP contribution in [-0.4, -0.2) is 83.6 Å². The topological polar surface area (TPSA) is 114 Å². The van der Waals surface area contributed by atoms with E-state index in [9.17, 15) is 23.9 Å². The molecule has 1 aliphatic heterocycles. The fourth-order valence-corrected chi connectivity index (χ4v) is 7.31. The molecule has 1 fully saturated rings. The third-order valence-corrected chi connectivity index (χ3v) is 14.5. The van der Waals surface area contributed by atoms with Crippen LogP contribution in [0.5, 0.6) is 0 Å². The largest absolute Gasteiger partial charge is 0.465 e. The van der Waals surface area contributed by atoms with Crippen molar-refractivity contribution < 1.29 is 37.4 Å². The van der Waals surface area contributed by atoms with E-state index in [0.29, 0.717) is 19.0 Å². The molecule has 0 spiro atoms. The number of rotatable bonds is 12. The fourth-order valence-electron chi connectivity index (χ4n) is 6.25. The number of benzene rings is 2. The number of ether oxygens (including phenoxy) is 1. The summed E-state index contributed by atoms with van der Waals surface area (Å²) in [6.07, 6.45) is 0.603. The summed E-state index contributed by atoms with van der Waals surface area (Å²) in [5, 5.41) is 9.96. The maximum Gasteiger partial charge on any atom is 0.407 e. The number of hydrogen-bond acceptors (Lipinski definition) is 6. The smallest absolute Gasteiger partial charge is 0.407 e. The highest BCUT2D eigenvalue weighted by molar-refractivity contribution is 6.74. The first-order valence-electron chi connectivity index (χ1n) is 17.3. The normalized spacial score (nSPS) is 17.4. The molecule has 1 N–H and O–H groups in total. The van der Waals surface area contributed by atoms with E-state index in [1.807, 2.05) is 55.7 Å². The van der Waals surface area contributed by atoms with Crippen LogP contribution < -0.4 is 0 Å². The first-order valence-corrected chi connectivity index (χ1v) is 20.2. The lowest BCUT2D eigenvalue weighted by molar-refractivity contribution is -0.153. The van der Waals surface area contributed by atoms with Gasteiger partial charge in [-0.05, 0) is 47.3 Å². The number of amides is 2. The van der Waals surface area contributed by atoms with Crippen molar-refractivity contribution >= 4 is 26.3 Å². The summed E-state index contributed by atoms with van der Waals surface area (Å²) in [6.45, 7) is 18.4. The molecule has 51 heavy (non-hydrogen) atoms. The first-order chi connectivity index (χ1) is 23.7. The molecule has 2 unspecified atom stereocenters. The molecular formula is C38H52F2N4O6Si. The second kappa shape index (κ2) is 15.6. The number of nitrogens with zero attached hydrogens (tertiary/aromatic N) is 4. The quantitative estimate of drug-likeness (QED) is 0.151. The zero-order valence-electron chi connectivity index (χ0n) is 31.2.